The summed E-state index contributed by atoms with van der Waals surface area (Å²) >= 11 is 0. The van der Waals surface area contributed by atoms with E-state index in [1.165, 1.54) is 19.3 Å². The number of piperidine rings is 1. The molecule has 3 heteroatoms. The average molecular weight is 220 g/mol. The number of anilines is 1. The fourth-order valence-electron chi connectivity index (χ4n) is 2.25. The van der Waals surface area contributed by atoms with E-state index in [1.807, 2.05) is 24.3 Å². The van der Waals surface area contributed by atoms with Crippen LogP contribution in [0.15, 0.2) is 24.3 Å². The maximum atomic E-state index is 10.1. The second-order valence-corrected chi connectivity index (χ2v) is 4.56. The second kappa shape index (κ2) is 5.32. The SMILES string of the molecule is Nc1ccc(C(O)CC2CCCCN2)cc1. The van der Waals surface area contributed by atoms with Gasteiger partial charge in [-0.15, -0.1) is 0 Å². The van der Waals surface area contributed by atoms with E-state index in [0.29, 0.717) is 6.04 Å². The lowest BCUT2D eigenvalue weighted by Gasteiger charge is -2.25. The molecular formula is C13H20N2O. The highest BCUT2D eigenvalue weighted by molar-refractivity contribution is 5.39. The van der Waals surface area contributed by atoms with Gasteiger partial charge in [0.05, 0.1) is 6.10 Å². The van der Waals surface area contributed by atoms with Crippen LogP contribution in [0.5, 0.6) is 0 Å². The van der Waals surface area contributed by atoms with Crippen LogP contribution in [-0.4, -0.2) is 17.7 Å². The van der Waals surface area contributed by atoms with Crippen molar-refractivity contribution in [3.63, 3.8) is 0 Å². The molecule has 2 unspecified atom stereocenters. The molecule has 1 aliphatic rings. The monoisotopic (exact) mass is 220 g/mol. The van der Waals surface area contributed by atoms with Gasteiger partial charge in [0.1, 0.15) is 0 Å². The standard InChI is InChI=1S/C13H20N2O/c14-11-6-4-10(5-7-11)13(16)9-12-3-1-2-8-15-12/h4-7,12-13,15-16H,1-3,8-9,14H2. The average Bonchev–Trinajstić information content (AvgIpc) is 2.31. The van der Waals surface area contributed by atoms with Crippen molar-refractivity contribution >= 4 is 5.69 Å². The number of benzene rings is 1. The summed E-state index contributed by atoms with van der Waals surface area (Å²) < 4.78 is 0. The lowest BCUT2D eigenvalue weighted by Crippen LogP contribution is -2.35. The molecular weight excluding hydrogens is 200 g/mol. The van der Waals surface area contributed by atoms with Gasteiger partial charge < -0.3 is 16.2 Å². The molecule has 1 aliphatic heterocycles. The minimum absolute atomic E-state index is 0.379. The molecule has 1 aromatic carbocycles. The Morgan fingerprint density at radius 3 is 2.69 bits per heavy atom. The maximum absolute atomic E-state index is 10.1. The van der Waals surface area contributed by atoms with E-state index in [1.54, 1.807) is 0 Å². The summed E-state index contributed by atoms with van der Waals surface area (Å²) in [6, 6.07) is 7.95. The lowest BCUT2D eigenvalue weighted by molar-refractivity contribution is 0.144. The molecule has 0 saturated carbocycles. The van der Waals surface area contributed by atoms with E-state index in [-0.39, 0.29) is 6.10 Å². The Kier molecular flexibility index (Phi) is 3.80. The molecule has 0 radical (unpaired) electrons. The fraction of sp³-hybridized carbons (Fsp3) is 0.538. The van der Waals surface area contributed by atoms with Crippen molar-refractivity contribution in [2.75, 3.05) is 12.3 Å². The van der Waals surface area contributed by atoms with Crippen LogP contribution in [-0.2, 0) is 0 Å². The second-order valence-electron chi connectivity index (χ2n) is 4.56. The molecule has 1 saturated heterocycles. The van der Waals surface area contributed by atoms with E-state index in [4.69, 9.17) is 5.73 Å². The quantitative estimate of drug-likeness (QED) is 0.681. The smallest absolute Gasteiger partial charge is 0.0804 e. The molecule has 1 heterocycles. The van der Waals surface area contributed by atoms with Crippen molar-refractivity contribution in [2.45, 2.75) is 37.8 Å². The van der Waals surface area contributed by atoms with E-state index in [0.717, 1.165) is 24.2 Å². The molecule has 0 amide bonds. The van der Waals surface area contributed by atoms with Gasteiger partial charge in [0.2, 0.25) is 0 Å². The minimum Gasteiger partial charge on any atom is -0.399 e. The van der Waals surface area contributed by atoms with Crippen molar-refractivity contribution in [3.8, 4) is 0 Å². The zero-order valence-electron chi connectivity index (χ0n) is 9.52. The number of nitrogen functional groups attached to an aromatic ring is 1. The van der Waals surface area contributed by atoms with Crippen molar-refractivity contribution in [2.24, 2.45) is 0 Å². The number of aliphatic hydroxyl groups is 1. The molecule has 0 spiro atoms. The molecule has 1 aromatic rings. The molecule has 0 aromatic heterocycles. The van der Waals surface area contributed by atoms with Crippen molar-refractivity contribution in [1.29, 1.82) is 0 Å². The molecule has 4 N–H and O–H groups in total. The lowest BCUT2D eigenvalue weighted by atomic mass is 9.96. The summed E-state index contributed by atoms with van der Waals surface area (Å²) in [7, 11) is 0. The first-order chi connectivity index (χ1) is 7.75. The van der Waals surface area contributed by atoms with Crippen LogP contribution in [0, 0.1) is 0 Å². The first-order valence-corrected chi connectivity index (χ1v) is 6.02. The molecule has 0 bridgehead atoms. The van der Waals surface area contributed by atoms with Gasteiger partial charge in [0.25, 0.3) is 0 Å². The van der Waals surface area contributed by atoms with Crippen LogP contribution in [0.2, 0.25) is 0 Å². The van der Waals surface area contributed by atoms with Gasteiger partial charge in [-0.25, -0.2) is 0 Å². The third kappa shape index (κ3) is 2.97. The van der Waals surface area contributed by atoms with Crippen LogP contribution < -0.4 is 11.1 Å². The largest absolute Gasteiger partial charge is 0.399 e. The van der Waals surface area contributed by atoms with Crippen LogP contribution in [0.4, 0.5) is 5.69 Å². The zero-order valence-corrected chi connectivity index (χ0v) is 9.52. The van der Waals surface area contributed by atoms with Gasteiger partial charge in [-0.05, 0) is 43.5 Å². The predicted molar refractivity (Wildman–Crippen MR) is 66.1 cm³/mol. The van der Waals surface area contributed by atoms with E-state index in [2.05, 4.69) is 5.32 Å². The summed E-state index contributed by atoms with van der Waals surface area (Å²) in [5.41, 5.74) is 7.32. The Bertz CT molecular complexity index is 317. The summed E-state index contributed by atoms with van der Waals surface area (Å²) in [6.07, 6.45) is 4.12. The van der Waals surface area contributed by atoms with Crippen LogP contribution >= 0.6 is 0 Å². The van der Waals surface area contributed by atoms with E-state index < -0.39 is 0 Å². The van der Waals surface area contributed by atoms with Crippen LogP contribution in [0.3, 0.4) is 0 Å². The fourth-order valence-corrected chi connectivity index (χ4v) is 2.25. The highest BCUT2D eigenvalue weighted by Crippen LogP contribution is 2.22. The predicted octanol–water partition coefficient (Wildman–Crippen LogP) is 1.83. The van der Waals surface area contributed by atoms with Crippen molar-refractivity contribution < 1.29 is 5.11 Å². The Hall–Kier alpha value is -1.06. The first-order valence-electron chi connectivity index (χ1n) is 6.02. The highest BCUT2D eigenvalue weighted by Gasteiger charge is 2.17. The Morgan fingerprint density at radius 2 is 2.06 bits per heavy atom. The number of nitrogens with two attached hydrogens (primary N) is 1. The van der Waals surface area contributed by atoms with E-state index in [9.17, 15) is 5.11 Å². The molecule has 0 aliphatic carbocycles. The third-order valence-corrected chi connectivity index (χ3v) is 3.24. The van der Waals surface area contributed by atoms with Crippen LogP contribution in [0.25, 0.3) is 0 Å². The summed E-state index contributed by atoms with van der Waals surface area (Å²) in [4.78, 5) is 0. The molecule has 2 atom stereocenters. The Labute approximate surface area is 96.7 Å². The van der Waals surface area contributed by atoms with Crippen LogP contribution in [0.1, 0.15) is 37.4 Å². The van der Waals surface area contributed by atoms with Crippen molar-refractivity contribution in [1.82, 2.24) is 5.32 Å². The molecule has 1 fully saturated rings. The van der Waals surface area contributed by atoms with Gasteiger partial charge >= 0.3 is 0 Å². The number of aliphatic hydroxyl groups excluding tert-OH is 1. The zero-order chi connectivity index (χ0) is 11.4. The van der Waals surface area contributed by atoms with Gasteiger partial charge in [-0.3, -0.25) is 0 Å². The summed E-state index contributed by atoms with van der Waals surface area (Å²) in [5.74, 6) is 0. The third-order valence-electron chi connectivity index (χ3n) is 3.24. The number of hydrogen-bond donors (Lipinski definition) is 3. The molecule has 16 heavy (non-hydrogen) atoms. The molecule has 88 valence electrons. The molecule has 2 rings (SSSR count). The normalized spacial score (nSPS) is 22.9. The summed E-state index contributed by atoms with van der Waals surface area (Å²) in [5, 5.41) is 13.5. The van der Waals surface area contributed by atoms with Gasteiger partial charge in [-0.1, -0.05) is 18.6 Å². The number of hydrogen-bond acceptors (Lipinski definition) is 3. The summed E-state index contributed by atoms with van der Waals surface area (Å²) in [6.45, 7) is 1.08. The minimum atomic E-state index is -0.379. The van der Waals surface area contributed by atoms with E-state index >= 15 is 0 Å². The van der Waals surface area contributed by atoms with Gasteiger partial charge in [-0.2, -0.15) is 0 Å². The highest BCUT2D eigenvalue weighted by atomic mass is 16.3. The number of nitrogens with one attached hydrogen (secondary N) is 1. The Balaban J connectivity index is 1.91. The maximum Gasteiger partial charge on any atom is 0.0804 e. The molecule has 3 nitrogen and oxygen atoms in total. The first kappa shape index (κ1) is 11.4. The topological polar surface area (TPSA) is 58.3 Å². The Morgan fingerprint density at radius 1 is 1.31 bits per heavy atom. The number of rotatable bonds is 3. The van der Waals surface area contributed by atoms with Crippen molar-refractivity contribution in [3.05, 3.63) is 29.8 Å². The van der Waals surface area contributed by atoms with Gasteiger partial charge in [0, 0.05) is 11.7 Å². The van der Waals surface area contributed by atoms with Gasteiger partial charge in [0.15, 0.2) is 0 Å².